The highest BCUT2D eigenvalue weighted by Crippen LogP contribution is 2.22. The third-order valence-electron chi connectivity index (χ3n) is 3.30. The first-order chi connectivity index (χ1) is 9.97. The molecule has 3 nitrogen and oxygen atoms in total. The van der Waals surface area contributed by atoms with Crippen molar-refractivity contribution < 1.29 is 9.18 Å². The van der Waals surface area contributed by atoms with Gasteiger partial charge in [0.2, 0.25) is 0 Å². The summed E-state index contributed by atoms with van der Waals surface area (Å²) in [5.74, 6) is -0.320. The van der Waals surface area contributed by atoms with Crippen molar-refractivity contribution in [3.05, 3.63) is 65.2 Å². The van der Waals surface area contributed by atoms with Gasteiger partial charge in [-0.05, 0) is 42.7 Å². The van der Waals surface area contributed by atoms with Crippen LogP contribution in [0.5, 0.6) is 0 Å². The first-order valence-corrected chi connectivity index (χ1v) is 6.97. The van der Waals surface area contributed by atoms with Crippen LogP contribution in [0.1, 0.15) is 41.6 Å². The summed E-state index contributed by atoms with van der Waals surface area (Å²) in [4.78, 5) is 16.5. The van der Waals surface area contributed by atoms with Gasteiger partial charge in [-0.25, -0.2) is 9.37 Å². The standard InChI is InChI=1S/C17H19FN2O/c1-11(2)16(13-7-9-14(18)10-8-13)20-17(21)15-6-4-5-12(3)19-15/h4-11,16H,1-3H3,(H,20,21)/t16-/m1/s1. The van der Waals surface area contributed by atoms with Crippen LogP contribution >= 0.6 is 0 Å². The molecule has 0 spiro atoms. The number of nitrogens with one attached hydrogen (secondary N) is 1. The molecule has 0 aliphatic heterocycles. The maximum absolute atomic E-state index is 13.0. The van der Waals surface area contributed by atoms with E-state index in [0.29, 0.717) is 5.69 Å². The first-order valence-electron chi connectivity index (χ1n) is 6.97. The van der Waals surface area contributed by atoms with Crippen LogP contribution < -0.4 is 5.32 Å². The van der Waals surface area contributed by atoms with E-state index in [9.17, 15) is 9.18 Å². The molecular formula is C17H19FN2O. The van der Waals surface area contributed by atoms with Crippen LogP contribution in [-0.4, -0.2) is 10.9 Å². The molecule has 0 radical (unpaired) electrons. The zero-order valence-corrected chi connectivity index (χ0v) is 12.4. The van der Waals surface area contributed by atoms with Gasteiger partial charge in [0.25, 0.3) is 5.91 Å². The van der Waals surface area contributed by atoms with Crippen molar-refractivity contribution in [2.24, 2.45) is 5.92 Å². The van der Waals surface area contributed by atoms with Crippen molar-refractivity contribution in [1.29, 1.82) is 0 Å². The number of hydrogen-bond acceptors (Lipinski definition) is 2. The number of amides is 1. The molecule has 1 amide bonds. The predicted molar refractivity (Wildman–Crippen MR) is 80.4 cm³/mol. The fourth-order valence-corrected chi connectivity index (χ4v) is 2.19. The second kappa shape index (κ2) is 6.48. The van der Waals surface area contributed by atoms with E-state index >= 15 is 0 Å². The highest BCUT2D eigenvalue weighted by molar-refractivity contribution is 5.92. The SMILES string of the molecule is Cc1cccc(C(=O)N[C@@H](c2ccc(F)cc2)C(C)C)n1. The molecule has 0 unspecified atom stereocenters. The normalized spacial score (nSPS) is 12.2. The van der Waals surface area contributed by atoms with Gasteiger partial charge in [0.1, 0.15) is 11.5 Å². The zero-order valence-electron chi connectivity index (χ0n) is 12.4. The molecule has 1 heterocycles. The summed E-state index contributed by atoms with van der Waals surface area (Å²) in [5, 5.41) is 2.97. The average Bonchev–Trinajstić information content (AvgIpc) is 2.45. The number of benzene rings is 1. The lowest BCUT2D eigenvalue weighted by Crippen LogP contribution is -2.32. The lowest BCUT2D eigenvalue weighted by atomic mass is 9.96. The summed E-state index contributed by atoms with van der Waals surface area (Å²) < 4.78 is 13.0. The van der Waals surface area contributed by atoms with E-state index < -0.39 is 0 Å². The highest BCUT2D eigenvalue weighted by atomic mass is 19.1. The number of carbonyl (C=O) groups excluding carboxylic acids is 1. The topological polar surface area (TPSA) is 42.0 Å². The number of aromatic nitrogens is 1. The largest absolute Gasteiger partial charge is 0.344 e. The Morgan fingerprint density at radius 3 is 2.38 bits per heavy atom. The molecule has 0 saturated carbocycles. The Morgan fingerprint density at radius 1 is 1.14 bits per heavy atom. The Kier molecular flexibility index (Phi) is 4.68. The van der Waals surface area contributed by atoms with Crippen molar-refractivity contribution in [3.8, 4) is 0 Å². The second-order valence-corrected chi connectivity index (χ2v) is 5.41. The molecule has 2 rings (SSSR count). The average molecular weight is 286 g/mol. The van der Waals surface area contributed by atoms with Crippen LogP contribution in [0.4, 0.5) is 4.39 Å². The van der Waals surface area contributed by atoms with Crippen LogP contribution in [0, 0.1) is 18.7 Å². The van der Waals surface area contributed by atoms with Gasteiger partial charge in [0, 0.05) is 5.69 Å². The van der Waals surface area contributed by atoms with E-state index in [1.807, 2.05) is 26.8 Å². The summed E-state index contributed by atoms with van der Waals surface area (Å²) >= 11 is 0. The fraction of sp³-hybridized carbons (Fsp3) is 0.294. The van der Waals surface area contributed by atoms with Gasteiger partial charge in [-0.2, -0.15) is 0 Å². The summed E-state index contributed by atoms with van der Waals surface area (Å²) in [6.45, 7) is 5.87. The number of carbonyl (C=O) groups is 1. The van der Waals surface area contributed by atoms with Gasteiger partial charge in [0.15, 0.2) is 0 Å². The molecule has 4 heteroatoms. The number of halogens is 1. The van der Waals surface area contributed by atoms with Gasteiger partial charge >= 0.3 is 0 Å². The quantitative estimate of drug-likeness (QED) is 0.932. The Labute approximate surface area is 124 Å². The van der Waals surface area contributed by atoms with Gasteiger partial charge < -0.3 is 5.32 Å². The molecule has 0 aliphatic carbocycles. The van der Waals surface area contributed by atoms with E-state index in [2.05, 4.69) is 10.3 Å². The number of nitrogens with zero attached hydrogens (tertiary/aromatic N) is 1. The summed E-state index contributed by atoms with van der Waals surface area (Å²) in [6.07, 6.45) is 0. The molecule has 1 N–H and O–H groups in total. The minimum Gasteiger partial charge on any atom is -0.344 e. The molecule has 1 aromatic carbocycles. The molecule has 1 atom stereocenters. The van der Waals surface area contributed by atoms with Crippen molar-refractivity contribution in [2.45, 2.75) is 26.8 Å². The number of hydrogen-bond donors (Lipinski definition) is 1. The van der Waals surface area contributed by atoms with Crippen LogP contribution in [0.3, 0.4) is 0 Å². The summed E-state index contributed by atoms with van der Waals surface area (Å²) in [7, 11) is 0. The Hall–Kier alpha value is -2.23. The van der Waals surface area contributed by atoms with Crippen LogP contribution in [-0.2, 0) is 0 Å². The van der Waals surface area contributed by atoms with Crippen LogP contribution in [0.15, 0.2) is 42.5 Å². The second-order valence-electron chi connectivity index (χ2n) is 5.41. The number of pyridine rings is 1. The highest BCUT2D eigenvalue weighted by Gasteiger charge is 2.19. The molecule has 0 fully saturated rings. The number of rotatable bonds is 4. The van der Waals surface area contributed by atoms with E-state index in [1.54, 1.807) is 24.3 Å². The Morgan fingerprint density at radius 2 is 1.81 bits per heavy atom. The molecule has 2 aromatic rings. The predicted octanol–water partition coefficient (Wildman–Crippen LogP) is 3.66. The molecule has 0 saturated heterocycles. The van der Waals surface area contributed by atoms with Gasteiger partial charge in [-0.1, -0.05) is 32.0 Å². The van der Waals surface area contributed by atoms with Crippen LogP contribution in [0.2, 0.25) is 0 Å². The van der Waals surface area contributed by atoms with Gasteiger partial charge in [0.05, 0.1) is 6.04 Å². The smallest absolute Gasteiger partial charge is 0.270 e. The lowest BCUT2D eigenvalue weighted by molar-refractivity contribution is 0.0920. The summed E-state index contributed by atoms with van der Waals surface area (Å²) in [5.41, 5.74) is 2.07. The van der Waals surface area contributed by atoms with E-state index in [0.717, 1.165) is 11.3 Å². The number of aryl methyl sites for hydroxylation is 1. The lowest BCUT2D eigenvalue weighted by Gasteiger charge is -2.22. The van der Waals surface area contributed by atoms with Gasteiger partial charge in [-0.3, -0.25) is 4.79 Å². The maximum Gasteiger partial charge on any atom is 0.270 e. The molecule has 0 bridgehead atoms. The maximum atomic E-state index is 13.0. The first kappa shape index (κ1) is 15.2. The Bertz CT molecular complexity index is 623. The van der Waals surface area contributed by atoms with Crippen LogP contribution in [0.25, 0.3) is 0 Å². The van der Waals surface area contributed by atoms with Crippen molar-refractivity contribution in [2.75, 3.05) is 0 Å². The molecule has 0 aliphatic rings. The minimum absolute atomic E-state index is 0.180. The van der Waals surface area contributed by atoms with Crippen molar-refractivity contribution in [1.82, 2.24) is 10.3 Å². The zero-order chi connectivity index (χ0) is 15.4. The monoisotopic (exact) mass is 286 g/mol. The van der Waals surface area contributed by atoms with E-state index in [-0.39, 0.29) is 23.7 Å². The molecule has 21 heavy (non-hydrogen) atoms. The fourth-order valence-electron chi connectivity index (χ4n) is 2.19. The third-order valence-corrected chi connectivity index (χ3v) is 3.30. The van der Waals surface area contributed by atoms with Gasteiger partial charge in [-0.15, -0.1) is 0 Å². The summed E-state index contributed by atoms with van der Waals surface area (Å²) in [6, 6.07) is 11.4. The van der Waals surface area contributed by atoms with Crippen molar-refractivity contribution >= 4 is 5.91 Å². The molecule has 1 aromatic heterocycles. The van der Waals surface area contributed by atoms with E-state index in [1.165, 1.54) is 12.1 Å². The Balaban J connectivity index is 2.20. The molecule has 110 valence electrons. The minimum atomic E-state index is -0.284. The molecular weight excluding hydrogens is 267 g/mol. The van der Waals surface area contributed by atoms with Crippen molar-refractivity contribution in [3.63, 3.8) is 0 Å². The third kappa shape index (κ3) is 3.88. The van der Waals surface area contributed by atoms with E-state index in [4.69, 9.17) is 0 Å².